The van der Waals surface area contributed by atoms with Crippen molar-refractivity contribution in [1.82, 2.24) is 14.7 Å². The molecule has 1 aliphatic carbocycles. The van der Waals surface area contributed by atoms with E-state index in [9.17, 15) is 13.2 Å². The Morgan fingerprint density at radius 3 is 2.38 bits per heavy atom. The number of piperidine rings is 1. The maximum atomic E-state index is 12.7. The van der Waals surface area contributed by atoms with Crippen molar-refractivity contribution in [1.29, 1.82) is 0 Å². The van der Waals surface area contributed by atoms with E-state index in [1.807, 2.05) is 0 Å². The summed E-state index contributed by atoms with van der Waals surface area (Å²) in [6, 6.07) is 0.986. The lowest BCUT2D eigenvalue weighted by molar-refractivity contribution is -0.141. The fourth-order valence-electron chi connectivity index (χ4n) is 3.59. The fourth-order valence-corrected chi connectivity index (χ4v) is 3.59. The van der Waals surface area contributed by atoms with Crippen molar-refractivity contribution in [3.8, 4) is 5.88 Å². The molecule has 7 heteroatoms. The number of hydrogen-bond donors (Lipinski definition) is 0. The first kappa shape index (κ1) is 17.6. The number of aromatic nitrogens is 2. The molecule has 2 aliphatic rings. The van der Waals surface area contributed by atoms with Gasteiger partial charge in [0.2, 0.25) is 5.88 Å². The van der Waals surface area contributed by atoms with Crippen LogP contribution in [0.4, 0.5) is 13.2 Å². The summed E-state index contributed by atoms with van der Waals surface area (Å²) in [6.45, 7) is 6.22. The van der Waals surface area contributed by atoms with Crippen LogP contribution in [0.3, 0.4) is 0 Å². The van der Waals surface area contributed by atoms with Crippen LogP contribution >= 0.6 is 0 Å². The quantitative estimate of drug-likeness (QED) is 0.817. The molecule has 1 saturated heterocycles. The van der Waals surface area contributed by atoms with Gasteiger partial charge in [0.1, 0.15) is 0 Å². The largest absolute Gasteiger partial charge is 0.478 e. The molecule has 4 nitrogen and oxygen atoms in total. The monoisotopic (exact) mass is 345 g/mol. The van der Waals surface area contributed by atoms with Crippen LogP contribution < -0.4 is 4.74 Å². The average molecular weight is 345 g/mol. The van der Waals surface area contributed by atoms with E-state index >= 15 is 0 Å². The molecule has 0 N–H and O–H groups in total. The predicted molar refractivity (Wildman–Crippen MR) is 84.8 cm³/mol. The molecule has 2 heterocycles. The number of likely N-dealkylation sites (tertiary alicyclic amines) is 1. The highest BCUT2D eigenvalue weighted by Crippen LogP contribution is 2.36. The molecule has 0 spiro atoms. The molecular weight excluding hydrogens is 319 g/mol. The Kier molecular flexibility index (Phi) is 5.08. The minimum Gasteiger partial charge on any atom is -0.478 e. The van der Waals surface area contributed by atoms with Gasteiger partial charge < -0.3 is 9.64 Å². The van der Waals surface area contributed by atoms with Gasteiger partial charge in [0.15, 0.2) is 5.69 Å². The van der Waals surface area contributed by atoms with Crippen LogP contribution in [0.15, 0.2) is 6.07 Å². The third-order valence-corrected chi connectivity index (χ3v) is 5.52. The molecule has 3 rings (SSSR count). The van der Waals surface area contributed by atoms with Gasteiger partial charge in [-0.25, -0.2) is 4.68 Å². The first-order chi connectivity index (χ1) is 11.3. The van der Waals surface area contributed by atoms with Crippen molar-refractivity contribution in [3.05, 3.63) is 11.8 Å². The highest BCUT2D eigenvalue weighted by atomic mass is 19.4. The summed E-state index contributed by atoms with van der Waals surface area (Å²) in [5, 5.41) is 3.48. The molecule has 24 heavy (non-hydrogen) atoms. The number of alkyl halides is 3. The van der Waals surface area contributed by atoms with Crippen LogP contribution in [0.2, 0.25) is 0 Å². The van der Waals surface area contributed by atoms with E-state index < -0.39 is 11.9 Å². The average Bonchev–Trinajstić information content (AvgIpc) is 2.87. The number of hydrogen-bond acceptors (Lipinski definition) is 3. The van der Waals surface area contributed by atoms with Crippen LogP contribution in [0.5, 0.6) is 5.88 Å². The van der Waals surface area contributed by atoms with Gasteiger partial charge in [0.05, 0.1) is 6.61 Å². The number of rotatable bonds is 5. The number of nitrogens with zero attached hydrogens (tertiary/aromatic N) is 3. The van der Waals surface area contributed by atoms with Crippen molar-refractivity contribution < 1.29 is 17.9 Å². The molecule has 2 atom stereocenters. The third kappa shape index (κ3) is 4.05. The van der Waals surface area contributed by atoms with E-state index in [1.165, 1.54) is 44.1 Å². The van der Waals surface area contributed by atoms with E-state index in [1.54, 1.807) is 0 Å². The van der Waals surface area contributed by atoms with Crippen molar-refractivity contribution in [2.24, 2.45) is 24.8 Å². The van der Waals surface area contributed by atoms with Gasteiger partial charge in [0.25, 0.3) is 0 Å². The smallest absolute Gasteiger partial charge is 0.435 e. The lowest BCUT2D eigenvalue weighted by Gasteiger charge is -2.41. The zero-order chi connectivity index (χ0) is 17.3. The standard InChI is InChI=1S/C17H26F3N3O/c1-12-5-7-23(8-6-12)10-13-3-4-14(13)11-24-16-9-15(17(18,19)20)21-22(16)2/h9,12-14H,3-8,10-11H2,1-2H3/t13-,14+/m1/s1. The van der Waals surface area contributed by atoms with Gasteiger partial charge in [-0.05, 0) is 56.5 Å². The third-order valence-electron chi connectivity index (χ3n) is 5.52. The molecular formula is C17H26F3N3O. The second-order valence-electron chi connectivity index (χ2n) is 7.38. The van der Waals surface area contributed by atoms with Gasteiger partial charge in [0, 0.05) is 19.7 Å². The molecule has 1 saturated carbocycles. The first-order valence-corrected chi connectivity index (χ1v) is 8.79. The molecule has 0 aromatic carbocycles. The van der Waals surface area contributed by atoms with E-state index in [2.05, 4.69) is 16.9 Å². The van der Waals surface area contributed by atoms with E-state index in [-0.39, 0.29) is 5.88 Å². The Hall–Kier alpha value is -1.24. The van der Waals surface area contributed by atoms with Gasteiger partial charge in [-0.2, -0.15) is 18.3 Å². The van der Waals surface area contributed by atoms with Crippen molar-refractivity contribution in [2.75, 3.05) is 26.2 Å². The molecule has 0 bridgehead atoms. The second kappa shape index (κ2) is 6.94. The highest BCUT2D eigenvalue weighted by molar-refractivity contribution is 5.18. The molecule has 1 aliphatic heterocycles. The summed E-state index contributed by atoms with van der Waals surface area (Å²) in [4.78, 5) is 2.53. The van der Waals surface area contributed by atoms with Gasteiger partial charge >= 0.3 is 6.18 Å². The number of halogens is 3. The Morgan fingerprint density at radius 1 is 1.17 bits per heavy atom. The Balaban J connectivity index is 1.48. The van der Waals surface area contributed by atoms with Crippen molar-refractivity contribution in [2.45, 2.75) is 38.8 Å². The topological polar surface area (TPSA) is 30.3 Å². The number of aryl methyl sites for hydroxylation is 1. The lowest BCUT2D eigenvalue weighted by Crippen LogP contribution is -2.43. The van der Waals surface area contributed by atoms with Crippen LogP contribution in [0.1, 0.15) is 38.3 Å². The SMILES string of the molecule is CC1CCN(C[C@H]2CC[C@H]2COc2cc(C(F)(F)F)nn2C)CC1. The first-order valence-electron chi connectivity index (χ1n) is 8.79. The maximum absolute atomic E-state index is 12.7. The summed E-state index contributed by atoms with van der Waals surface area (Å²) in [6.07, 6.45) is 0.397. The molecule has 2 fully saturated rings. The summed E-state index contributed by atoms with van der Waals surface area (Å²) in [5.74, 6) is 2.07. The van der Waals surface area contributed by atoms with Crippen LogP contribution in [-0.2, 0) is 13.2 Å². The normalized spacial score (nSPS) is 26.4. The predicted octanol–water partition coefficient (Wildman–Crippen LogP) is 3.58. The summed E-state index contributed by atoms with van der Waals surface area (Å²) >= 11 is 0. The van der Waals surface area contributed by atoms with Crippen molar-refractivity contribution >= 4 is 0 Å². The van der Waals surface area contributed by atoms with Crippen molar-refractivity contribution in [3.63, 3.8) is 0 Å². The Bertz CT molecular complexity index is 550. The lowest BCUT2D eigenvalue weighted by atomic mass is 9.73. The molecule has 136 valence electrons. The molecule has 1 aromatic heterocycles. The van der Waals surface area contributed by atoms with Gasteiger partial charge in [-0.1, -0.05) is 6.92 Å². The Labute approximate surface area is 141 Å². The molecule has 0 amide bonds. The van der Waals surface area contributed by atoms with Crippen LogP contribution in [0, 0.1) is 17.8 Å². The van der Waals surface area contributed by atoms with E-state index in [0.717, 1.165) is 24.9 Å². The minimum atomic E-state index is -4.43. The summed E-state index contributed by atoms with van der Waals surface area (Å²) in [5.41, 5.74) is -0.896. The second-order valence-corrected chi connectivity index (χ2v) is 7.38. The number of ether oxygens (including phenoxy) is 1. The van der Waals surface area contributed by atoms with E-state index in [4.69, 9.17) is 4.74 Å². The van der Waals surface area contributed by atoms with E-state index in [0.29, 0.717) is 18.4 Å². The van der Waals surface area contributed by atoms with Crippen LogP contribution in [0.25, 0.3) is 0 Å². The van der Waals surface area contributed by atoms with Gasteiger partial charge in [-0.3, -0.25) is 0 Å². The fraction of sp³-hybridized carbons (Fsp3) is 0.824. The molecule has 0 radical (unpaired) electrons. The maximum Gasteiger partial charge on any atom is 0.435 e. The molecule has 1 aromatic rings. The van der Waals surface area contributed by atoms with Crippen LogP contribution in [-0.4, -0.2) is 40.9 Å². The Morgan fingerprint density at radius 2 is 1.83 bits per heavy atom. The highest BCUT2D eigenvalue weighted by Gasteiger charge is 2.36. The summed E-state index contributed by atoms with van der Waals surface area (Å²) in [7, 11) is 1.48. The zero-order valence-corrected chi connectivity index (χ0v) is 14.4. The summed E-state index contributed by atoms with van der Waals surface area (Å²) < 4.78 is 44.8. The zero-order valence-electron chi connectivity index (χ0n) is 14.4. The minimum absolute atomic E-state index is 0.194. The molecule has 0 unspecified atom stereocenters. The van der Waals surface area contributed by atoms with Gasteiger partial charge in [-0.15, -0.1) is 0 Å².